The van der Waals surface area contributed by atoms with Gasteiger partial charge in [-0.05, 0) is 47.7 Å². The molecule has 0 bridgehead atoms. The van der Waals surface area contributed by atoms with Crippen LogP contribution in [0.15, 0.2) is 58.5 Å². The van der Waals surface area contributed by atoms with Gasteiger partial charge in [0.05, 0.1) is 25.3 Å². The summed E-state index contributed by atoms with van der Waals surface area (Å²) in [5, 5.41) is 8.48. The van der Waals surface area contributed by atoms with Crippen molar-refractivity contribution in [2.45, 2.75) is 30.9 Å². The van der Waals surface area contributed by atoms with Gasteiger partial charge in [0.25, 0.3) is 5.56 Å². The molecular weight excluding hydrogens is 463 g/mol. The number of fused-ring (bicyclic) bond motifs is 1. The number of hydrogen-bond acceptors (Lipinski definition) is 5. The minimum Gasteiger partial charge on any atom is -0.493 e. The number of alkyl halides is 3. The number of halogens is 3. The molecule has 2 aliphatic rings. The van der Waals surface area contributed by atoms with E-state index in [4.69, 9.17) is 9.47 Å². The lowest BCUT2D eigenvalue weighted by Crippen LogP contribution is -2.31. The number of carbonyl (C=O) groups is 1. The van der Waals surface area contributed by atoms with Crippen LogP contribution < -0.4 is 20.3 Å². The van der Waals surface area contributed by atoms with Gasteiger partial charge in [-0.1, -0.05) is 18.2 Å². The minimum atomic E-state index is -4.49. The molecule has 2 atom stereocenters. The second-order valence-electron chi connectivity index (χ2n) is 8.58. The predicted molar refractivity (Wildman–Crippen MR) is 122 cm³/mol. The van der Waals surface area contributed by atoms with Crippen LogP contribution in [-0.2, 0) is 11.0 Å². The number of ether oxygens (including phenoxy) is 2. The maximum atomic E-state index is 13.5. The van der Waals surface area contributed by atoms with Crippen LogP contribution in [0.25, 0.3) is 0 Å². The lowest BCUT2D eigenvalue weighted by Gasteiger charge is -2.34. The molecule has 0 amide bonds. The zero-order valence-corrected chi connectivity index (χ0v) is 18.9. The molecule has 3 N–H and O–H groups in total. The highest BCUT2D eigenvalue weighted by Crippen LogP contribution is 2.47. The van der Waals surface area contributed by atoms with Crippen molar-refractivity contribution < 1.29 is 27.4 Å². The van der Waals surface area contributed by atoms with Crippen LogP contribution in [0.5, 0.6) is 11.5 Å². The molecule has 3 aromatic rings. The molecule has 0 saturated carbocycles. The first-order chi connectivity index (χ1) is 16.7. The minimum absolute atomic E-state index is 0.158. The van der Waals surface area contributed by atoms with Crippen molar-refractivity contribution in [3.8, 4) is 11.5 Å². The summed E-state index contributed by atoms with van der Waals surface area (Å²) in [5.41, 5.74) is 1.42. The van der Waals surface area contributed by atoms with Gasteiger partial charge < -0.3 is 14.8 Å². The van der Waals surface area contributed by atoms with Crippen molar-refractivity contribution in [2.24, 2.45) is 0 Å². The van der Waals surface area contributed by atoms with E-state index in [2.05, 4.69) is 15.5 Å². The number of rotatable bonds is 4. The molecular formula is C25H22F3N3O4. The van der Waals surface area contributed by atoms with Crippen LogP contribution in [0, 0.1) is 0 Å². The predicted octanol–water partition coefficient (Wildman–Crippen LogP) is 4.70. The molecule has 0 fully saturated rings. The molecule has 10 heteroatoms. The standard InChI is InChI=1S/C25H22F3N3O4/c1-34-18-8-5-13(11-19(18)35-2)14-9-16-21(17(32)10-14)20(22-23(29-16)30-31-24(22)33)12-3-6-15(7-4-12)25(26,27)28/h3-8,11,14,20H,9-10H2,1-2H3,(H3,29,30,31,33)/t14-,20+/m1/s1. The monoisotopic (exact) mass is 485 g/mol. The molecule has 0 spiro atoms. The Morgan fingerprint density at radius 3 is 2.23 bits per heavy atom. The first-order valence-corrected chi connectivity index (χ1v) is 10.9. The third-order valence-electron chi connectivity index (χ3n) is 6.63. The molecule has 1 aliphatic carbocycles. The van der Waals surface area contributed by atoms with E-state index in [0.717, 1.165) is 17.7 Å². The average Bonchev–Trinajstić information content (AvgIpc) is 3.21. The van der Waals surface area contributed by atoms with Crippen LogP contribution in [0.4, 0.5) is 19.0 Å². The molecule has 0 saturated heterocycles. The molecule has 2 heterocycles. The first-order valence-electron chi connectivity index (χ1n) is 10.9. The van der Waals surface area contributed by atoms with Crippen molar-refractivity contribution in [1.82, 2.24) is 10.2 Å². The number of carbonyl (C=O) groups excluding carboxylic acids is 1. The van der Waals surface area contributed by atoms with Crippen molar-refractivity contribution in [2.75, 3.05) is 19.5 Å². The summed E-state index contributed by atoms with van der Waals surface area (Å²) in [7, 11) is 3.08. The summed E-state index contributed by atoms with van der Waals surface area (Å²) in [4.78, 5) is 26.1. The summed E-state index contributed by atoms with van der Waals surface area (Å²) < 4.78 is 50.0. The number of methoxy groups -OCH3 is 2. The number of Topliss-reactive ketones (excluding diaryl/α,β-unsaturated/α-hetero) is 1. The highest BCUT2D eigenvalue weighted by atomic mass is 19.4. The smallest absolute Gasteiger partial charge is 0.416 e. The number of aromatic amines is 2. The van der Waals surface area contributed by atoms with Crippen molar-refractivity contribution in [1.29, 1.82) is 0 Å². The number of anilines is 1. The Balaban J connectivity index is 1.57. The number of nitrogens with one attached hydrogen (secondary N) is 3. The largest absolute Gasteiger partial charge is 0.493 e. The molecule has 0 radical (unpaired) electrons. The maximum Gasteiger partial charge on any atom is 0.416 e. The highest BCUT2D eigenvalue weighted by Gasteiger charge is 2.41. The molecule has 0 unspecified atom stereocenters. The summed E-state index contributed by atoms with van der Waals surface area (Å²) in [6.45, 7) is 0. The SMILES string of the molecule is COc1ccc([C@H]2CC(=O)C3=C(C2)Nc2[nH][nH]c(=O)c2[C@H]3c2ccc(C(F)(F)F)cc2)cc1OC. The Morgan fingerprint density at radius 2 is 1.57 bits per heavy atom. The van der Waals surface area contributed by atoms with Gasteiger partial charge in [0.2, 0.25) is 0 Å². The Kier molecular flexibility index (Phi) is 5.46. The van der Waals surface area contributed by atoms with Gasteiger partial charge >= 0.3 is 6.18 Å². The Bertz CT molecular complexity index is 1390. The second kappa shape index (κ2) is 8.37. The first kappa shape index (κ1) is 22.8. The fraction of sp³-hybridized carbons (Fsp3) is 0.280. The fourth-order valence-electron chi connectivity index (χ4n) is 4.96. The van der Waals surface area contributed by atoms with E-state index in [1.165, 1.54) is 19.2 Å². The van der Waals surface area contributed by atoms with E-state index < -0.39 is 23.2 Å². The van der Waals surface area contributed by atoms with Crippen LogP contribution in [0.3, 0.4) is 0 Å². The molecule has 182 valence electrons. The second-order valence-corrected chi connectivity index (χ2v) is 8.58. The van der Waals surface area contributed by atoms with Gasteiger partial charge in [-0.3, -0.25) is 19.8 Å². The summed E-state index contributed by atoms with van der Waals surface area (Å²) >= 11 is 0. The number of allylic oxidation sites excluding steroid dienone is 2. The molecule has 5 rings (SSSR count). The quantitative estimate of drug-likeness (QED) is 0.498. The number of aromatic nitrogens is 2. The molecule has 1 aromatic heterocycles. The maximum absolute atomic E-state index is 13.5. The number of H-pyrrole nitrogens is 2. The molecule has 7 nitrogen and oxygen atoms in total. The summed E-state index contributed by atoms with van der Waals surface area (Å²) in [5.74, 6) is 0.417. The topological polar surface area (TPSA) is 96.2 Å². The van der Waals surface area contributed by atoms with E-state index in [9.17, 15) is 22.8 Å². The normalized spacial score (nSPS) is 19.6. The molecule has 1 aliphatic heterocycles. The third kappa shape index (κ3) is 3.88. The van der Waals surface area contributed by atoms with Crippen molar-refractivity contribution in [3.63, 3.8) is 0 Å². The molecule has 35 heavy (non-hydrogen) atoms. The summed E-state index contributed by atoms with van der Waals surface area (Å²) in [6, 6.07) is 10.1. The Labute approximate surface area is 197 Å². The van der Waals surface area contributed by atoms with Crippen LogP contribution in [0.1, 0.15) is 46.9 Å². The van der Waals surface area contributed by atoms with Gasteiger partial charge in [0.1, 0.15) is 5.82 Å². The van der Waals surface area contributed by atoms with Crippen molar-refractivity contribution >= 4 is 11.6 Å². The van der Waals surface area contributed by atoms with Gasteiger partial charge in [0, 0.05) is 23.6 Å². The average molecular weight is 485 g/mol. The molecule has 2 aromatic carbocycles. The van der Waals surface area contributed by atoms with Gasteiger partial charge in [-0.15, -0.1) is 0 Å². The lowest BCUT2D eigenvalue weighted by molar-refractivity contribution is -0.137. The lowest BCUT2D eigenvalue weighted by atomic mass is 9.72. The zero-order valence-electron chi connectivity index (χ0n) is 18.9. The van der Waals surface area contributed by atoms with Crippen molar-refractivity contribution in [3.05, 3.63) is 86.3 Å². The van der Waals surface area contributed by atoms with Gasteiger partial charge in [-0.2, -0.15) is 13.2 Å². The van der Waals surface area contributed by atoms with E-state index >= 15 is 0 Å². The van der Waals surface area contributed by atoms with Gasteiger partial charge in [-0.25, -0.2) is 0 Å². The Morgan fingerprint density at radius 1 is 0.886 bits per heavy atom. The third-order valence-corrected chi connectivity index (χ3v) is 6.63. The van der Waals surface area contributed by atoms with Crippen LogP contribution >= 0.6 is 0 Å². The van der Waals surface area contributed by atoms with E-state index in [1.54, 1.807) is 13.2 Å². The van der Waals surface area contributed by atoms with E-state index in [-0.39, 0.29) is 23.7 Å². The Hall–Kier alpha value is -3.95. The highest BCUT2D eigenvalue weighted by molar-refractivity contribution is 6.01. The summed E-state index contributed by atoms with van der Waals surface area (Å²) in [6.07, 6.45) is -3.83. The van der Waals surface area contributed by atoms with E-state index in [1.807, 2.05) is 12.1 Å². The number of hydrogen-bond donors (Lipinski definition) is 3. The van der Waals surface area contributed by atoms with Crippen LogP contribution in [-0.4, -0.2) is 30.2 Å². The number of benzene rings is 2. The zero-order chi connectivity index (χ0) is 24.9. The van der Waals surface area contributed by atoms with Gasteiger partial charge in [0.15, 0.2) is 17.3 Å². The van der Waals surface area contributed by atoms with Crippen LogP contribution in [0.2, 0.25) is 0 Å². The number of ketones is 1. The van der Waals surface area contributed by atoms with E-state index in [0.29, 0.717) is 40.6 Å². The fourth-order valence-corrected chi connectivity index (χ4v) is 4.96.